The molecule has 2 heterocycles. The summed E-state index contributed by atoms with van der Waals surface area (Å²) in [4.78, 5) is 0. The third-order valence-corrected chi connectivity index (χ3v) is 4.05. The Kier molecular flexibility index (Phi) is 3.66. The van der Waals surface area contributed by atoms with Crippen molar-refractivity contribution in [1.29, 1.82) is 0 Å². The highest BCUT2D eigenvalue weighted by Crippen LogP contribution is 2.36. The molecular formula is C13H22O4. The van der Waals surface area contributed by atoms with Crippen molar-refractivity contribution >= 4 is 0 Å². The first-order chi connectivity index (χ1) is 8.36. The van der Waals surface area contributed by atoms with Crippen molar-refractivity contribution in [1.82, 2.24) is 0 Å². The summed E-state index contributed by atoms with van der Waals surface area (Å²) >= 11 is 0. The minimum Gasteiger partial charge on any atom is -0.376 e. The van der Waals surface area contributed by atoms with Gasteiger partial charge in [-0.15, -0.1) is 0 Å². The van der Waals surface area contributed by atoms with Crippen LogP contribution >= 0.6 is 0 Å². The highest BCUT2D eigenvalue weighted by atomic mass is 16.7. The van der Waals surface area contributed by atoms with E-state index in [1.807, 2.05) is 0 Å². The molecule has 3 rings (SSSR count). The van der Waals surface area contributed by atoms with Crippen molar-refractivity contribution in [3.63, 3.8) is 0 Å². The van der Waals surface area contributed by atoms with E-state index in [2.05, 4.69) is 0 Å². The number of hydrogen-bond donors (Lipinski definition) is 0. The molecule has 1 spiro atoms. The average Bonchev–Trinajstić information content (AvgIpc) is 3.01. The minimum absolute atomic E-state index is 0.260. The molecule has 2 aliphatic heterocycles. The molecule has 0 aromatic rings. The van der Waals surface area contributed by atoms with Gasteiger partial charge >= 0.3 is 0 Å². The maximum atomic E-state index is 5.93. The second-order valence-corrected chi connectivity index (χ2v) is 5.28. The van der Waals surface area contributed by atoms with Crippen molar-refractivity contribution in [2.45, 2.75) is 56.5 Å². The van der Waals surface area contributed by atoms with Crippen LogP contribution in [-0.4, -0.2) is 44.4 Å². The highest BCUT2D eigenvalue weighted by molar-refractivity contribution is 4.83. The first-order valence-electron chi connectivity index (χ1n) is 6.87. The SMILES string of the molecule is C1COC(COC2CCC3(CC2)OCCO3)C1. The van der Waals surface area contributed by atoms with E-state index in [1.54, 1.807) is 0 Å². The van der Waals surface area contributed by atoms with Gasteiger partial charge in [0.25, 0.3) is 0 Å². The Hall–Kier alpha value is -0.160. The van der Waals surface area contributed by atoms with Gasteiger partial charge in [-0.3, -0.25) is 0 Å². The molecule has 0 aromatic heterocycles. The molecular weight excluding hydrogens is 220 g/mol. The van der Waals surface area contributed by atoms with E-state index in [1.165, 1.54) is 6.42 Å². The van der Waals surface area contributed by atoms with Gasteiger partial charge < -0.3 is 18.9 Å². The second-order valence-electron chi connectivity index (χ2n) is 5.28. The number of ether oxygens (including phenoxy) is 4. The van der Waals surface area contributed by atoms with E-state index < -0.39 is 0 Å². The molecule has 3 aliphatic rings. The van der Waals surface area contributed by atoms with Gasteiger partial charge in [0.1, 0.15) is 0 Å². The molecule has 17 heavy (non-hydrogen) atoms. The van der Waals surface area contributed by atoms with Crippen LogP contribution in [0.2, 0.25) is 0 Å². The predicted octanol–water partition coefficient (Wildman–Crippen LogP) is 1.87. The Bertz CT molecular complexity index is 231. The van der Waals surface area contributed by atoms with Crippen LogP contribution in [0.5, 0.6) is 0 Å². The summed E-state index contributed by atoms with van der Waals surface area (Å²) < 4.78 is 22.9. The fourth-order valence-electron chi connectivity index (χ4n) is 3.00. The summed E-state index contributed by atoms with van der Waals surface area (Å²) in [6, 6.07) is 0. The zero-order valence-electron chi connectivity index (χ0n) is 10.4. The van der Waals surface area contributed by atoms with E-state index >= 15 is 0 Å². The first kappa shape index (κ1) is 11.9. The molecule has 98 valence electrons. The quantitative estimate of drug-likeness (QED) is 0.757. The van der Waals surface area contributed by atoms with Crippen molar-refractivity contribution in [2.75, 3.05) is 26.4 Å². The molecule has 4 nitrogen and oxygen atoms in total. The summed E-state index contributed by atoms with van der Waals surface area (Å²) in [5, 5.41) is 0. The van der Waals surface area contributed by atoms with Crippen LogP contribution in [0.15, 0.2) is 0 Å². The number of rotatable bonds is 3. The Morgan fingerprint density at radius 1 is 1.00 bits per heavy atom. The molecule has 0 aromatic carbocycles. The lowest BCUT2D eigenvalue weighted by atomic mass is 9.92. The molecule has 0 N–H and O–H groups in total. The normalized spacial score (nSPS) is 33.5. The zero-order valence-corrected chi connectivity index (χ0v) is 10.4. The Balaban J connectivity index is 1.39. The lowest BCUT2D eigenvalue weighted by molar-refractivity contribution is -0.193. The smallest absolute Gasteiger partial charge is 0.168 e. The fourth-order valence-corrected chi connectivity index (χ4v) is 3.00. The predicted molar refractivity (Wildman–Crippen MR) is 61.8 cm³/mol. The first-order valence-corrected chi connectivity index (χ1v) is 6.87. The minimum atomic E-state index is -0.260. The topological polar surface area (TPSA) is 36.9 Å². The van der Waals surface area contributed by atoms with E-state index in [0.717, 1.165) is 58.5 Å². The highest BCUT2D eigenvalue weighted by Gasteiger charge is 2.40. The standard InChI is InChI=1S/C13H22O4/c1-2-12(14-7-1)10-15-11-3-5-13(6-4-11)16-8-9-17-13/h11-12H,1-10H2. The third-order valence-electron chi connectivity index (χ3n) is 4.05. The van der Waals surface area contributed by atoms with Gasteiger partial charge in [0, 0.05) is 19.4 Å². The summed E-state index contributed by atoms with van der Waals surface area (Å²) in [7, 11) is 0. The van der Waals surface area contributed by atoms with Gasteiger partial charge in [-0.25, -0.2) is 0 Å². The van der Waals surface area contributed by atoms with Crippen LogP contribution < -0.4 is 0 Å². The van der Waals surface area contributed by atoms with Crippen LogP contribution in [0.4, 0.5) is 0 Å². The third kappa shape index (κ3) is 2.81. The Morgan fingerprint density at radius 2 is 1.76 bits per heavy atom. The van der Waals surface area contributed by atoms with Gasteiger partial charge in [-0.1, -0.05) is 0 Å². The Morgan fingerprint density at radius 3 is 2.41 bits per heavy atom. The lowest BCUT2D eigenvalue weighted by Crippen LogP contribution is -2.38. The van der Waals surface area contributed by atoms with Crippen LogP contribution in [-0.2, 0) is 18.9 Å². The molecule has 1 aliphatic carbocycles. The lowest BCUT2D eigenvalue weighted by Gasteiger charge is -2.35. The van der Waals surface area contributed by atoms with Crippen molar-refractivity contribution in [3.05, 3.63) is 0 Å². The molecule has 4 heteroatoms. The van der Waals surface area contributed by atoms with Crippen molar-refractivity contribution in [2.24, 2.45) is 0 Å². The summed E-state index contributed by atoms with van der Waals surface area (Å²) in [5.41, 5.74) is 0. The second kappa shape index (κ2) is 5.22. The van der Waals surface area contributed by atoms with Crippen LogP contribution in [0.25, 0.3) is 0 Å². The maximum absolute atomic E-state index is 5.93. The molecule has 0 bridgehead atoms. The fraction of sp³-hybridized carbons (Fsp3) is 1.00. The average molecular weight is 242 g/mol. The van der Waals surface area contributed by atoms with Gasteiger partial charge in [-0.05, 0) is 25.7 Å². The number of hydrogen-bond acceptors (Lipinski definition) is 4. The van der Waals surface area contributed by atoms with Crippen LogP contribution in [0, 0.1) is 0 Å². The van der Waals surface area contributed by atoms with Crippen LogP contribution in [0.3, 0.4) is 0 Å². The maximum Gasteiger partial charge on any atom is 0.168 e. The van der Waals surface area contributed by atoms with Gasteiger partial charge in [-0.2, -0.15) is 0 Å². The molecule has 2 saturated heterocycles. The monoisotopic (exact) mass is 242 g/mol. The molecule has 1 unspecified atom stereocenters. The van der Waals surface area contributed by atoms with Crippen molar-refractivity contribution < 1.29 is 18.9 Å². The van der Waals surface area contributed by atoms with Gasteiger partial charge in [0.15, 0.2) is 5.79 Å². The largest absolute Gasteiger partial charge is 0.376 e. The Labute approximate surface area is 103 Å². The van der Waals surface area contributed by atoms with E-state index in [4.69, 9.17) is 18.9 Å². The molecule has 0 radical (unpaired) electrons. The van der Waals surface area contributed by atoms with Gasteiger partial charge in [0.2, 0.25) is 0 Å². The molecule has 0 amide bonds. The van der Waals surface area contributed by atoms with Crippen LogP contribution in [0.1, 0.15) is 38.5 Å². The van der Waals surface area contributed by atoms with E-state index in [0.29, 0.717) is 12.2 Å². The molecule has 1 atom stereocenters. The van der Waals surface area contributed by atoms with Gasteiger partial charge in [0.05, 0.1) is 32.0 Å². The molecule has 3 fully saturated rings. The zero-order chi connectivity index (χ0) is 11.6. The van der Waals surface area contributed by atoms with Crippen molar-refractivity contribution in [3.8, 4) is 0 Å². The van der Waals surface area contributed by atoms with E-state index in [9.17, 15) is 0 Å². The summed E-state index contributed by atoms with van der Waals surface area (Å²) in [6.07, 6.45) is 7.10. The molecule has 1 saturated carbocycles. The van der Waals surface area contributed by atoms with E-state index in [-0.39, 0.29) is 5.79 Å². The summed E-state index contributed by atoms with van der Waals surface area (Å²) in [5.74, 6) is -0.260. The summed E-state index contributed by atoms with van der Waals surface area (Å²) in [6.45, 7) is 3.17.